The molecule has 0 radical (unpaired) electrons. The molecule has 0 aliphatic heterocycles. The molecule has 0 fully saturated rings. The molecule has 0 bridgehead atoms. The molecule has 1 amide bonds. The van der Waals surface area contributed by atoms with Crippen molar-refractivity contribution in [3.63, 3.8) is 0 Å². The van der Waals surface area contributed by atoms with E-state index in [0.717, 1.165) is 11.1 Å². The smallest absolute Gasteiger partial charge is 0.251 e. The van der Waals surface area contributed by atoms with E-state index in [1.165, 1.54) is 5.56 Å². The summed E-state index contributed by atoms with van der Waals surface area (Å²) in [4.78, 5) is 12.7. The second kappa shape index (κ2) is 6.99. The van der Waals surface area contributed by atoms with Crippen LogP contribution in [0.2, 0.25) is 0 Å². The maximum Gasteiger partial charge on any atom is 0.251 e. The molecule has 4 heteroatoms. The molecule has 0 aliphatic carbocycles. The van der Waals surface area contributed by atoms with Gasteiger partial charge in [-0.1, -0.05) is 60.2 Å². The number of aryl methyl sites for hydroxylation is 1. The number of amides is 1. The van der Waals surface area contributed by atoms with E-state index >= 15 is 0 Å². The number of carbonyl (C=O) groups is 1. The van der Waals surface area contributed by atoms with Gasteiger partial charge in [-0.25, -0.2) is 0 Å². The third-order valence-corrected chi connectivity index (χ3v) is 3.34. The molecular weight excluding hydrogens is 280 g/mol. The average Bonchev–Trinajstić information content (AvgIpc) is 2.46. The van der Waals surface area contributed by atoms with Gasteiger partial charge >= 0.3 is 0 Å². The standard InChI is InChI=1S/C17H18N2OS/c1-12-6-8-13(9-7-12)11-19-17(20)15-5-3-2-4-14(15)10-16(18)21/h2-9H,10-11H2,1H3,(H2,18,21)(H,19,20). The average molecular weight is 298 g/mol. The van der Waals surface area contributed by atoms with Crippen LogP contribution in [-0.2, 0) is 13.0 Å². The van der Waals surface area contributed by atoms with Gasteiger partial charge in [-0.15, -0.1) is 0 Å². The molecule has 2 aromatic rings. The van der Waals surface area contributed by atoms with E-state index < -0.39 is 0 Å². The molecule has 0 spiro atoms. The lowest BCUT2D eigenvalue weighted by molar-refractivity contribution is 0.0950. The minimum absolute atomic E-state index is 0.109. The Kier molecular flexibility index (Phi) is 5.06. The first-order chi connectivity index (χ1) is 10.1. The maximum atomic E-state index is 12.3. The summed E-state index contributed by atoms with van der Waals surface area (Å²) in [6.07, 6.45) is 0.434. The van der Waals surface area contributed by atoms with Crippen LogP contribution in [0.4, 0.5) is 0 Å². The summed E-state index contributed by atoms with van der Waals surface area (Å²) in [5, 5.41) is 2.93. The van der Waals surface area contributed by atoms with E-state index in [2.05, 4.69) is 5.32 Å². The lowest BCUT2D eigenvalue weighted by atomic mass is 10.0. The lowest BCUT2D eigenvalue weighted by Gasteiger charge is -2.10. The van der Waals surface area contributed by atoms with Gasteiger partial charge in [-0.3, -0.25) is 4.79 Å². The highest BCUT2D eigenvalue weighted by Crippen LogP contribution is 2.10. The van der Waals surface area contributed by atoms with Crippen molar-refractivity contribution in [3.8, 4) is 0 Å². The predicted molar refractivity (Wildman–Crippen MR) is 89.3 cm³/mol. The van der Waals surface area contributed by atoms with Crippen LogP contribution in [0.15, 0.2) is 48.5 Å². The minimum atomic E-state index is -0.109. The number of nitrogens with two attached hydrogens (primary N) is 1. The normalized spacial score (nSPS) is 10.1. The fraction of sp³-hybridized carbons (Fsp3) is 0.176. The van der Waals surface area contributed by atoms with Crippen molar-refractivity contribution in [1.82, 2.24) is 5.32 Å². The fourth-order valence-electron chi connectivity index (χ4n) is 2.07. The summed E-state index contributed by atoms with van der Waals surface area (Å²) in [6, 6.07) is 15.5. The van der Waals surface area contributed by atoms with Crippen LogP contribution in [0.5, 0.6) is 0 Å². The molecular formula is C17H18N2OS. The first-order valence-electron chi connectivity index (χ1n) is 6.76. The van der Waals surface area contributed by atoms with Gasteiger partial charge in [0, 0.05) is 18.5 Å². The third-order valence-electron chi connectivity index (χ3n) is 3.20. The van der Waals surface area contributed by atoms with E-state index in [0.29, 0.717) is 23.5 Å². The van der Waals surface area contributed by atoms with Crippen molar-refractivity contribution in [1.29, 1.82) is 0 Å². The van der Waals surface area contributed by atoms with Crippen LogP contribution in [0, 0.1) is 6.92 Å². The second-order valence-corrected chi connectivity index (χ2v) is 5.49. The van der Waals surface area contributed by atoms with Crippen LogP contribution in [0.25, 0.3) is 0 Å². The highest BCUT2D eigenvalue weighted by Gasteiger charge is 2.11. The summed E-state index contributed by atoms with van der Waals surface area (Å²) < 4.78 is 0. The summed E-state index contributed by atoms with van der Waals surface area (Å²) >= 11 is 4.92. The molecule has 0 saturated heterocycles. The number of carbonyl (C=O) groups excluding carboxylic acids is 1. The number of hydrogen-bond acceptors (Lipinski definition) is 2. The van der Waals surface area contributed by atoms with Gasteiger partial charge in [0.15, 0.2) is 0 Å². The first kappa shape index (κ1) is 15.2. The molecule has 0 aliphatic rings. The zero-order valence-corrected chi connectivity index (χ0v) is 12.7. The van der Waals surface area contributed by atoms with E-state index in [1.807, 2.05) is 49.4 Å². The summed E-state index contributed by atoms with van der Waals surface area (Å²) in [7, 11) is 0. The Morgan fingerprint density at radius 2 is 1.81 bits per heavy atom. The molecule has 0 heterocycles. The number of nitrogens with one attached hydrogen (secondary N) is 1. The SMILES string of the molecule is Cc1ccc(CNC(=O)c2ccccc2CC(N)=S)cc1. The highest BCUT2D eigenvalue weighted by atomic mass is 32.1. The van der Waals surface area contributed by atoms with Gasteiger partial charge in [0.25, 0.3) is 5.91 Å². The zero-order valence-electron chi connectivity index (χ0n) is 11.9. The number of hydrogen-bond donors (Lipinski definition) is 2. The Bertz CT molecular complexity index is 650. The van der Waals surface area contributed by atoms with Crippen LogP contribution < -0.4 is 11.1 Å². The second-order valence-electron chi connectivity index (χ2n) is 4.97. The molecule has 108 valence electrons. The first-order valence-corrected chi connectivity index (χ1v) is 7.17. The Labute approximate surface area is 130 Å². The minimum Gasteiger partial charge on any atom is -0.393 e. The van der Waals surface area contributed by atoms with Crippen molar-refractivity contribution in [3.05, 3.63) is 70.8 Å². The topological polar surface area (TPSA) is 55.1 Å². The Morgan fingerprint density at radius 1 is 1.14 bits per heavy atom. The van der Waals surface area contributed by atoms with Crippen molar-refractivity contribution >= 4 is 23.1 Å². The van der Waals surface area contributed by atoms with Crippen LogP contribution in [0.1, 0.15) is 27.0 Å². The van der Waals surface area contributed by atoms with Crippen molar-refractivity contribution in [2.75, 3.05) is 0 Å². The van der Waals surface area contributed by atoms with Crippen LogP contribution >= 0.6 is 12.2 Å². The Morgan fingerprint density at radius 3 is 2.48 bits per heavy atom. The van der Waals surface area contributed by atoms with Crippen molar-refractivity contribution in [2.45, 2.75) is 19.9 Å². The molecule has 2 aromatic carbocycles. The summed E-state index contributed by atoms with van der Waals surface area (Å²) in [6.45, 7) is 2.54. The lowest BCUT2D eigenvalue weighted by Crippen LogP contribution is -2.25. The summed E-state index contributed by atoms with van der Waals surface area (Å²) in [5.41, 5.74) is 9.32. The zero-order chi connectivity index (χ0) is 15.2. The molecule has 2 rings (SSSR count). The van der Waals surface area contributed by atoms with Crippen LogP contribution in [0.3, 0.4) is 0 Å². The quantitative estimate of drug-likeness (QED) is 0.835. The van der Waals surface area contributed by atoms with E-state index in [4.69, 9.17) is 18.0 Å². The molecule has 3 nitrogen and oxygen atoms in total. The van der Waals surface area contributed by atoms with E-state index in [1.54, 1.807) is 6.07 Å². The van der Waals surface area contributed by atoms with Crippen molar-refractivity contribution < 1.29 is 4.79 Å². The largest absolute Gasteiger partial charge is 0.393 e. The number of rotatable bonds is 5. The van der Waals surface area contributed by atoms with Crippen molar-refractivity contribution in [2.24, 2.45) is 5.73 Å². The van der Waals surface area contributed by atoms with Gasteiger partial charge in [0.1, 0.15) is 0 Å². The maximum absolute atomic E-state index is 12.3. The van der Waals surface area contributed by atoms with Gasteiger partial charge in [-0.2, -0.15) is 0 Å². The van der Waals surface area contributed by atoms with E-state index in [-0.39, 0.29) is 5.91 Å². The Balaban J connectivity index is 2.06. The molecule has 0 saturated carbocycles. The fourth-order valence-corrected chi connectivity index (χ4v) is 2.22. The number of benzene rings is 2. The molecule has 21 heavy (non-hydrogen) atoms. The summed E-state index contributed by atoms with van der Waals surface area (Å²) in [5.74, 6) is -0.109. The highest BCUT2D eigenvalue weighted by molar-refractivity contribution is 7.80. The van der Waals surface area contributed by atoms with E-state index in [9.17, 15) is 4.79 Å². The van der Waals surface area contributed by atoms with Gasteiger partial charge in [0.05, 0.1) is 4.99 Å². The monoisotopic (exact) mass is 298 g/mol. The number of thiocarbonyl (C=S) groups is 1. The molecule has 3 N–H and O–H groups in total. The van der Waals surface area contributed by atoms with Gasteiger partial charge < -0.3 is 11.1 Å². The third kappa shape index (κ3) is 4.39. The predicted octanol–water partition coefficient (Wildman–Crippen LogP) is 2.75. The Hall–Kier alpha value is -2.20. The van der Waals surface area contributed by atoms with Gasteiger partial charge in [0.2, 0.25) is 0 Å². The molecule has 0 unspecified atom stereocenters. The van der Waals surface area contributed by atoms with Gasteiger partial charge in [-0.05, 0) is 24.1 Å². The van der Waals surface area contributed by atoms with Crippen LogP contribution in [-0.4, -0.2) is 10.9 Å². The molecule has 0 aromatic heterocycles. The molecule has 0 atom stereocenters.